The van der Waals surface area contributed by atoms with Crippen LogP contribution in [0, 0.1) is 5.92 Å². The van der Waals surface area contributed by atoms with Gasteiger partial charge < -0.3 is 5.73 Å². The predicted octanol–water partition coefficient (Wildman–Crippen LogP) is 1.14. The van der Waals surface area contributed by atoms with Gasteiger partial charge in [-0.25, -0.2) is 8.42 Å². The number of nitrogens with two attached hydrogens (primary N) is 1. The van der Waals surface area contributed by atoms with Crippen LogP contribution < -0.4 is 5.73 Å². The Morgan fingerprint density at radius 1 is 1.19 bits per heavy atom. The van der Waals surface area contributed by atoms with Crippen molar-refractivity contribution < 1.29 is 13.2 Å². The summed E-state index contributed by atoms with van der Waals surface area (Å²) >= 11 is 0. The maximum Gasteiger partial charge on any atom is 0.153 e. The molecule has 1 atom stereocenters. The average molecular weight is 249 g/mol. The van der Waals surface area contributed by atoms with E-state index in [1.165, 1.54) is 0 Å². The van der Waals surface area contributed by atoms with Crippen molar-refractivity contribution in [1.82, 2.24) is 0 Å². The van der Waals surface area contributed by atoms with Crippen molar-refractivity contribution in [2.75, 3.05) is 5.75 Å². The number of carbonyl (C=O) groups is 1. The third-order valence-electron chi connectivity index (χ3n) is 2.49. The molecule has 0 aliphatic rings. The second-order valence-corrected chi connectivity index (χ2v) is 7.54. The number of carbonyl (C=O) groups excluding carboxylic acids is 1. The fourth-order valence-corrected chi connectivity index (χ4v) is 2.26. The Kier molecular flexibility index (Phi) is 6.18. The van der Waals surface area contributed by atoms with Crippen LogP contribution in [0.25, 0.3) is 0 Å². The lowest BCUT2D eigenvalue weighted by molar-refractivity contribution is -0.120. The lowest BCUT2D eigenvalue weighted by atomic mass is 10.0. The van der Waals surface area contributed by atoms with Gasteiger partial charge in [0.05, 0.1) is 17.0 Å². The number of rotatable bonds is 7. The highest BCUT2D eigenvalue weighted by Crippen LogP contribution is 2.08. The second kappa shape index (κ2) is 6.35. The van der Waals surface area contributed by atoms with Gasteiger partial charge in [0.2, 0.25) is 0 Å². The molecular formula is C11H23NO3S. The quantitative estimate of drug-likeness (QED) is 0.734. The summed E-state index contributed by atoms with van der Waals surface area (Å²) in [6, 6.07) is -0.526. The maximum atomic E-state index is 11.6. The van der Waals surface area contributed by atoms with E-state index < -0.39 is 21.1 Å². The highest BCUT2D eigenvalue weighted by molar-refractivity contribution is 7.91. The van der Waals surface area contributed by atoms with Crippen molar-refractivity contribution in [2.45, 2.75) is 51.8 Å². The number of sulfone groups is 1. The first-order valence-corrected chi connectivity index (χ1v) is 7.38. The monoisotopic (exact) mass is 249 g/mol. The Labute approximate surface area is 98.5 Å². The normalized spacial score (nSPS) is 14.4. The molecule has 0 radical (unpaired) electrons. The van der Waals surface area contributed by atoms with Gasteiger partial charge in [0, 0.05) is 6.42 Å². The van der Waals surface area contributed by atoms with Crippen LogP contribution >= 0.6 is 0 Å². The largest absolute Gasteiger partial charge is 0.322 e. The summed E-state index contributed by atoms with van der Waals surface area (Å²) in [6.07, 6.45) is 0.648. The van der Waals surface area contributed by atoms with Crippen LogP contribution in [0.3, 0.4) is 0 Å². The van der Waals surface area contributed by atoms with E-state index in [4.69, 9.17) is 5.73 Å². The van der Waals surface area contributed by atoms with Gasteiger partial charge in [-0.15, -0.1) is 0 Å². The molecule has 0 fully saturated rings. The van der Waals surface area contributed by atoms with E-state index in [9.17, 15) is 13.2 Å². The molecule has 0 aliphatic heterocycles. The van der Waals surface area contributed by atoms with Crippen molar-refractivity contribution in [3.8, 4) is 0 Å². The average Bonchev–Trinajstić information content (AvgIpc) is 2.12. The molecule has 1 unspecified atom stereocenters. The van der Waals surface area contributed by atoms with Gasteiger partial charge in [-0.1, -0.05) is 13.8 Å². The fourth-order valence-electron chi connectivity index (χ4n) is 1.30. The summed E-state index contributed by atoms with van der Waals surface area (Å²) in [7, 11) is -3.13. The van der Waals surface area contributed by atoms with Crippen LogP contribution in [0.5, 0.6) is 0 Å². The molecular weight excluding hydrogens is 226 g/mol. The lowest BCUT2D eigenvalue weighted by Crippen LogP contribution is -2.33. The Morgan fingerprint density at radius 3 is 2.06 bits per heavy atom. The molecule has 0 spiro atoms. The van der Waals surface area contributed by atoms with Gasteiger partial charge in [0.15, 0.2) is 15.6 Å². The van der Waals surface area contributed by atoms with E-state index in [1.807, 2.05) is 13.8 Å². The molecule has 96 valence electrons. The third-order valence-corrected chi connectivity index (χ3v) is 4.70. The first-order chi connectivity index (χ1) is 7.16. The van der Waals surface area contributed by atoms with Crippen LogP contribution in [0.2, 0.25) is 0 Å². The summed E-state index contributed by atoms with van der Waals surface area (Å²) < 4.78 is 23.0. The SMILES string of the molecule is CC(C)CC(N)C(=O)CCS(=O)(=O)C(C)C. The van der Waals surface area contributed by atoms with Crippen molar-refractivity contribution in [1.29, 1.82) is 0 Å². The lowest BCUT2D eigenvalue weighted by Gasteiger charge is -2.13. The van der Waals surface area contributed by atoms with Crippen molar-refractivity contribution in [3.05, 3.63) is 0 Å². The summed E-state index contributed by atoms with van der Waals surface area (Å²) in [6.45, 7) is 7.21. The predicted molar refractivity (Wildman–Crippen MR) is 66.0 cm³/mol. The summed E-state index contributed by atoms with van der Waals surface area (Å²) in [4.78, 5) is 11.6. The van der Waals surface area contributed by atoms with E-state index in [0.29, 0.717) is 12.3 Å². The molecule has 4 nitrogen and oxygen atoms in total. The highest BCUT2D eigenvalue weighted by Gasteiger charge is 2.21. The fraction of sp³-hybridized carbons (Fsp3) is 0.909. The molecule has 0 rings (SSSR count). The van der Waals surface area contributed by atoms with Gasteiger partial charge in [-0.05, 0) is 26.2 Å². The molecule has 0 aromatic carbocycles. The Hall–Kier alpha value is -0.420. The Balaban J connectivity index is 4.18. The molecule has 0 heterocycles. The van der Waals surface area contributed by atoms with Gasteiger partial charge >= 0.3 is 0 Å². The van der Waals surface area contributed by atoms with Crippen LogP contribution in [-0.4, -0.2) is 31.2 Å². The van der Waals surface area contributed by atoms with Crippen molar-refractivity contribution >= 4 is 15.6 Å². The summed E-state index contributed by atoms with van der Waals surface area (Å²) in [5.41, 5.74) is 5.68. The first kappa shape index (κ1) is 15.6. The third kappa shape index (κ3) is 5.61. The molecule has 0 bridgehead atoms. The van der Waals surface area contributed by atoms with E-state index in [0.717, 1.165) is 0 Å². The zero-order valence-electron chi connectivity index (χ0n) is 10.6. The van der Waals surface area contributed by atoms with Gasteiger partial charge in [-0.2, -0.15) is 0 Å². The van der Waals surface area contributed by atoms with Gasteiger partial charge in [0.1, 0.15) is 0 Å². The Morgan fingerprint density at radius 2 is 1.69 bits per heavy atom. The number of hydrogen-bond acceptors (Lipinski definition) is 4. The standard InChI is InChI=1S/C11H23NO3S/c1-8(2)7-10(12)11(13)5-6-16(14,15)9(3)4/h8-10H,5-7,12H2,1-4H3. The van der Waals surface area contributed by atoms with Crippen molar-refractivity contribution in [2.24, 2.45) is 11.7 Å². The Bertz CT molecular complexity index is 320. The zero-order valence-corrected chi connectivity index (χ0v) is 11.4. The highest BCUT2D eigenvalue weighted by atomic mass is 32.2. The molecule has 5 heteroatoms. The molecule has 0 saturated heterocycles. The number of ketones is 1. The molecule has 0 aromatic rings. The summed E-state index contributed by atoms with van der Waals surface area (Å²) in [5.74, 6) is 0.105. The van der Waals surface area contributed by atoms with E-state index >= 15 is 0 Å². The van der Waals surface area contributed by atoms with Crippen molar-refractivity contribution in [3.63, 3.8) is 0 Å². The molecule has 0 aromatic heterocycles. The van der Waals surface area contributed by atoms with E-state index in [1.54, 1.807) is 13.8 Å². The van der Waals surface area contributed by atoms with Gasteiger partial charge in [0.25, 0.3) is 0 Å². The number of Topliss-reactive ketones (excluding diaryl/α,β-unsaturated/α-hetero) is 1. The maximum absolute atomic E-state index is 11.6. The van der Waals surface area contributed by atoms with Crippen LogP contribution in [0.1, 0.15) is 40.5 Å². The minimum absolute atomic E-state index is 0.0361. The number of hydrogen-bond donors (Lipinski definition) is 1. The summed E-state index contributed by atoms with van der Waals surface area (Å²) in [5, 5.41) is -0.429. The second-order valence-electron chi connectivity index (χ2n) is 4.87. The molecule has 0 saturated carbocycles. The smallest absolute Gasteiger partial charge is 0.153 e. The van der Waals surface area contributed by atoms with Crippen LogP contribution in [0.15, 0.2) is 0 Å². The zero-order chi connectivity index (χ0) is 12.9. The van der Waals surface area contributed by atoms with Crippen LogP contribution in [-0.2, 0) is 14.6 Å². The molecule has 0 aliphatic carbocycles. The molecule has 16 heavy (non-hydrogen) atoms. The van der Waals surface area contributed by atoms with Crippen LogP contribution in [0.4, 0.5) is 0 Å². The topological polar surface area (TPSA) is 77.2 Å². The first-order valence-electron chi connectivity index (χ1n) is 5.66. The van der Waals surface area contributed by atoms with E-state index in [2.05, 4.69) is 0 Å². The minimum Gasteiger partial charge on any atom is -0.322 e. The van der Waals surface area contributed by atoms with Gasteiger partial charge in [-0.3, -0.25) is 4.79 Å². The minimum atomic E-state index is -3.13. The molecule has 2 N–H and O–H groups in total. The molecule has 0 amide bonds. The van der Waals surface area contributed by atoms with E-state index in [-0.39, 0.29) is 18.0 Å².